The number of rotatable bonds is 7. The zero-order valence-corrected chi connectivity index (χ0v) is 13.3. The Hall–Kier alpha value is -2.19. The number of aromatic nitrogens is 2. The predicted molar refractivity (Wildman–Crippen MR) is 85.9 cm³/mol. The second kappa shape index (κ2) is 7.19. The molecule has 0 aliphatic heterocycles. The van der Waals surface area contributed by atoms with Crippen LogP contribution in [0, 0.1) is 6.92 Å². The average Bonchev–Trinajstić information content (AvgIpc) is 3.07. The Morgan fingerprint density at radius 3 is 2.91 bits per heavy atom. The van der Waals surface area contributed by atoms with Crippen molar-refractivity contribution in [1.29, 1.82) is 0 Å². The van der Waals surface area contributed by atoms with E-state index in [1.165, 1.54) is 11.3 Å². The maximum atomic E-state index is 12.1. The monoisotopic (exact) mass is 321 g/mol. The highest BCUT2D eigenvalue weighted by Crippen LogP contribution is 2.22. The van der Waals surface area contributed by atoms with Gasteiger partial charge in [-0.1, -0.05) is 0 Å². The van der Waals surface area contributed by atoms with E-state index < -0.39 is 5.91 Å². The first-order chi connectivity index (χ1) is 10.5. The third-order valence-electron chi connectivity index (χ3n) is 3.11. The highest BCUT2D eigenvalue weighted by molar-refractivity contribution is 7.14. The number of nitrogens with zero attached hydrogens (tertiary/aromatic N) is 2. The lowest BCUT2D eigenvalue weighted by molar-refractivity contribution is -0.117. The van der Waals surface area contributed by atoms with Gasteiger partial charge in [0.1, 0.15) is 5.00 Å². The summed E-state index contributed by atoms with van der Waals surface area (Å²) in [7, 11) is 0. The lowest BCUT2D eigenvalue weighted by Gasteiger charge is -2.13. The molecule has 118 valence electrons. The predicted octanol–water partition coefficient (Wildman–Crippen LogP) is 0.969. The topological polar surface area (TPSA) is 102 Å². The number of carbonyl (C=O) groups excluding carboxylic acids is 2. The zero-order valence-electron chi connectivity index (χ0n) is 12.5. The highest BCUT2D eigenvalue weighted by Gasteiger charge is 2.16. The van der Waals surface area contributed by atoms with Gasteiger partial charge < -0.3 is 16.4 Å². The second-order valence-corrected chi connectivity index (χ2v) is 5.89. The number of thiophene rings is 1. The molecule has 0 aliphatic carbocycles. The maximum absolute atomic E-state index is 12.1. The SMILES string of the molecule is Cc1cnn(CCNC(C)C(=O)Nc2sccc2C(N)=O)c1. The van der Waals surface area contributed by atoms with E-state index in [0.29, 0.717) is 23.7 Å². The third kappa shape index (κ3) is 4.15. The number of primary amides is 1. The van der Waals surface area contributed by atoms with Crippen LogP contribution in [-0.2, 0) is 11.3 Å². The van der Waals surface area contributed by atoms with Crippen molar-refractivity contribution < 1.29 is 9.59 Å². The van der Waals surface area contributed by atoms with Crippen LogP contribution in [0.3, 0.4) is 0 Å². The van der Waals surface area contributed by atoms with Crippen LogP contribution < -0.4 is 16.4 Å². The van der Waals surface area contributed by atoms with Gasteiger partial charge in [0.2, 0.25) is 5.91 Å². The van der Waals surface area contributed by atoms with Gasteiger partial charge in [0.05, 0.1) is 24.3 Å². The van der Waals surface area contributed by atoms with Gasteiger partial charge in [-0.25, -0.2) is 0 Å². The van der Waals surface area contributed by atoms with E-state index >= 15 is 0 Å². The minimum atomic E-state index is -0.550. The molecule has 0 fully saturated rings. The molecule has 4 N–H and O–H groups in total. The number of anilines is 1. The smallest absolute Gasteiger partial charge is 0.251 e. The maximum Gasteiger partial charge on any atom is 0.251 e. The van der Waals surface area contributed by atoms with Crippen LogP contribution in [0.1, 0.15) is 22.8 Å². The number of aryl methyl sites for hydroxylation is 1. The molecule has 0 radical (unpaired) electrons. The van der Waals surface area contributed by atoms with Crippen LogP contribution in [-0.4, -0.2) is 34.2 Å². The molecule has 2 amide bonds. The lowest BCUT2D eigenvalue weighted by atomic mass is 10.2. The molecule has 7 nitrogen and oxygen atoms in total. The second-order valence-electron chi connectivity index (χ2n) is 4.97. The Morgan fingerprint density at radius 1 is 1.50 bits per heavy atom. The van der Waals surface area contributed by atoms with Crippen molar-refractivity contribution in [2.45, 2.75) is 26.4 Å². The van der Waals surface area contributed by atoms with Gasteiger partial charge in [0.25, 0.3) is 5.91 Å². The Morgan fingerprint density at radius 2 is 2.27 bits per heavy atom. The summed E-state index contributed by atoms with van der Waals surface area (Å²) in [6.45, 7) is 5.03. The molecule has 2 rings (SSSR count). The summed E-state index contributed by atoms with van der Waals surface area (Å²) in [5, 5.41) is 12.2. The summed E-state index contributed by atoms with van der Waals surface area (Å²) in [6.07, 6.45) is 3.73. The first kappa shape index (κ1) is 16.2. The molecular formula is C14H19N5O2S. The minimum absolute atomic E-state index is 0.207. The van der Waals surface area contributed by atoms with Crippen molar-refractivity contribution >= 4 is 28.2 Å². The van der Waals surface area contributed by atoms with Gasteiger partial charge in [-0.2, -0.15) is 5.10 Å². The van der Waals surface area contributed by atoms with Crippen LogP contribution in [0.5, 0.6) is 0 Å². The number of amides is 2. The molecule has 2 aromatic heterocycles. The van der Waals surface area contributed by atoms with Gasteiger partial charge in [0, 0.05) is 12.7 Å². The Balaban J connectivity index is 1.81. The molecule has 0 bridgehead atoms. The molecule has 0 saturated heterocycles. The molecule has 0 aliphatic rings. The number of hydrogen-bond donors (Lipinski definition) is 3. The summed E-state index contributed by atoms with van der Waals surface area (Å²) in [5.74, 6) is -0.757. The highest BCUT2D eigenvalue weighted by atomic mass is 32.1. The van der Waals surface area contributed by atoms with E-state index in [0.717, 1.165) is 5.56 Å². The van der Waals surface area contributed by atoms with Crippen LogP contribution in [0.15, 0.2) is 23.8 Å². The van der Waals surface area contributed by atoms with Crippen molar-refractivity contribution in [2.24, 2.45) is 5.73 Å². The molecule has 22 heavy (non-hydrogen) atoms. The summed E-state index contributed by atoms with van der Waals surface area (Å²) < 4.78 is 1.82. The van der Waals surface area contributed by atoms with Crippen LogP contribution in [0.25, 0.3) is 0 Å². The number of carbonyl (C=O) groups is 2. The van der Waals surface area contributed by atoms with Gasteiger partial charge in [-0.05, 0) is 30.9 Å². The summed E-state index contributed by atoms with van der Waals surface area (Å²) in [6, 6.07) is 1.21. The summed E-state index contributed by atoms with van der Waals surface area (Å²) >= 11 is 1.27. The normalized spacial score (nSPS) is 12.1. The quantitative estimate of drug-likeness (QED) is 0.707. The molecule has 0 aromatic carbocycles. The number of nitrogens with one attached hydrogen (secondary N) is 2. The Labute approximate surface area is 132 Å². The van der Waals surface area contributed by atoms with Crippen molar-refractivity contribution in [2.75, 3.05) is 11.9 Å². The molecule has 8 heteroatoms. The van der Waals surface area contributed by atoms with Gasteiger partial charge in [-0.15, -0.1) is 11.3 Å². The van der Waals surface area contributed by atoms with Crippen LogP contribution in [0.4, 0.5) is 5.00 Å². The standard InChI is InChI=1S/C14H19N5O2S/c1-9-7-17-19(8-9)5-4-16-10(2)13(21)18-14-11(12(15)20)3-6-22-14/h3,6-8,10,16H,4-5H2,1-2H3,(H2,15,20)(H,18,21). The molecule has 1 unspecified atom stereocenters. The van der Waals surface area contributed by atoms with Crippen molar-refractivity contribution in [1.82, 2.24) is 15.1 Å². The molecule has 0 spiro atoms. The number of hydrogen-bond acceptors (Lipinski definition) is 5. The molecule has 0 saturated carbocycles. The summed E-state index contributed by atoms with van der Waals surface area (Å²) in [5.41, 5.74) is 6.68. The van der Waals surface area contributed by atoms with Crippen LogP contribution >= 0.6 is 11.3 Å². The van der Waals surface area contributed by atoms with E-state index in [-0.39, 0.29) is 11.9 Å². The molecular weight excluding hydrogens is 302 g/mol. The average molecular weight is 321 g/mol. The van der Waals surface area contributed by atoms with E-state index in [9.17, 15) is 9.59 Å². The molecule has 2 aromatic rings. The Bertz CT molecular complexity index is 664. The fourth-order valence-corrected chi connectivity index (χ4v) is 2.69. The summed E-state index contributed by atoms with van der Waals surface area (Å²) in [4.78, 5) is 23.3. The lowest BCUT2D eigenvalue weighted by Crippen LogP contribution is -2.39. The van der Waals surface area contributed by atoms with Gasteiger partial charge >= 0.3 is 0 Å². The molecule has 1 atom stereocenters. The fourth-order valence-electron chi connectivity index (χ4n) is 1.90. The first-order valence-electron chi connectivity index (χ1n) is 6.88. The fraction of sp³-hybridized carbons (Fsp3) is 0.357. The van der Waals surface area contributed by atoms with Gasteiger partial charge in [0.15, 0.2) is 0 Å². The van der Waals surface area contributed by atoms with Gasteiger partial charge in [-0.3, -0.25) is 14.3 Å². The van der Waals surface area contributed by atoms with E-state index in [1.807, 2.05) is 17.8 Å². The minimum Gasteiger partial charge on any atom is -0.366 e. The third-order valence-corrected chi connectivity index (χ3v) is 3.94. The zero-order chi connectivity index (χ0) is 16.1. The largest absolute Gasteiger partial charge is 0.366 e. The van der Waals surface area contributed by atoms with Crippen molar-refractivity contribution in [3.63, 3.8) is 0 Å². The van der Waals surface area contributed by atoms with Crippen LogP contribution in [0.2, 0.25) is 0 Å². The van der Waals surface area contributed by atoms with Crippen molar-refractivity contribution in [3.05, 3.63) is 35.0 Å². The Kier molecular flexibility index (Phi) is 5.29. The molecule has 2 heterocycles. The van der Waals surface area contributed by atoms with E-state index in [4.69, 9.17) is 5.73 Å². The number of nitrogens with two attached hydrogens (primary N) is 1. The first-order valence-corrected chi connectivity index (χ1v) is 7.76. The van der Waals surface area contributed by atoms with E-state index in [1.54, 1.807) is 24.6 Å². The van der Waals surface area contributed by atoms with E-state index in [2.05, 4.69) is 15.7 Å². The van der Waals surface area contributed by atoms with Crippen molar-refractivity contribution in [3.8, 4) is 0 Å².